The summed E-state index contributed by atoms with van der Waals surface area (Å²) in [5.74, 6) is 1.93. The third-order valence-electron chi connectivity index (χ3n) is 6.54. The largest absolute Gasteiger partial charge is 0.497 e. The lowest BCUT2D eigenvalue weighted by Gasteiger charge is -2.34. The second kappa shape index (κ2) is 9.98. The van der Waals surface area contributed by atoms with Gasteiger partial charge >= 0.3 is 0 Å². The van der Waals surface area contributed by atoms with E-state index in [9.17, 15) is 4.79 Å². The van der Waals surface area contributed by atoms with E-state index in [4.69, 9.17) is 9.47 Å². The molecule has 5 nitrogen and oxygen atoms in total. The maximum atomic E-state index is 13.0. The summed E-state index contributed by atoms with van der Waals surface area (Å²) < 4.78 is 11.3. The van der Waals surface area contributed by atoms with Crippen molar-refractivity contribution in [3.05, 3.63) is 81.0 Å². The van der Waals surface area contributed by atoms with Gasteiger partial charge in [-0.15, -0.1) is 11.3 Å². The number of ether oxygens (including phenoxy) is 2. The van der Waals surface area contributed by atoms with Crippen LogP contribution in [0, 0.1) is 0 Å². The molecule has 172 valence electrons. The van der Waals surface area contributed by atoms with E-state index in [1.165, 1.54) is 40.9 Å². The minimum absolute atomic E-state index is 0.129. The molecule has 0 saturated carbocycles. The van der Waals surface area contributed by atoms with Gasteiger partial charge in [-0.2, -0.15) is 0 Å². The summed E-state index contributed by atoms with van der Waals surface area (Å²) in [7, 11) is 1.69. The smallest absolute Gasteiger partial charge is 0.264 e. The number of thiophene rings is 1. The molecule has 0 spiro atoms. The molecule has 5 rings (SSSR count). The lowest BCUT2D eigenvalue weighted by Crippen LogP contribution is -2.48. The molecule has 1 amide bonds. The number of piperazine rings is 1. The van der Waals surface area contributed by atoms with Crippen molar-refractivity contribution >= 4 is 17.2 Å². The van der Waals surface area contributed by atoms with Crippen LogP contribution in [0.4, 0.5) is 0 Å². The van der Waals surface area contributed by atoms with Gasteiger partial charge in [0, 0.05) is 38.3 Å². The number of carbonyl (C=O) groups is 1. The summed E-state index contributed by atoms with van der Waals surface area (Å²) in [6.07, 6.45) is 3.57. The molecule has 1 fully saturated rings. The van der Waals surface area contributed by atoms with Crippen molar-refractivity contribution in [1.82, 2.24) is 9.80 Å². The second-order valence-electron chi connectivity index (χ2n) is 8.81. The van der Waals surface area contributed by atoms with E-state index in [0.29, 0.717) is 6.61 Å². The Balaban J connectivity index is 1.12. The SMILES string of the molecule is COc1cccc(CN2CCN(C(=O)c3cc(COc4ccc5c(c4)CCC5)cs3)CC2)c1. The van der Waals surface area contributed by atoms with Crippen molar-refractivity contribution < 1.29 is 14.3 Å². The number of methoxy groups -OCH3 is 1. The van der Waals surface area contributed by atoms with E-state index >= 15 is 0 Å². The Hall–Kier alpha value is -2.83. The second-order valence-corrected chi connectivity index (χ2v) is 9.72. The monoisotopic (exact) mass is 462 g/mol. The predicted octanol–water partition coefficient (Wildman–Crippen LogP) is 4.78. The molecule has 0 unspecified atom stereocenters. The fourth-order valence-electron chi connectivity index (χ4n) is 4.66. The number of hydrogen-bond donors (Lipinski definition) is 0. The molecule has 6 heteroatoms. The highest BCUT2D eigenvalue weighted by Crippen LogP contribution is 2.27. The van der Waals surface area contributed by atoms with E-state index in [2.05, 4.69) is 35.2 Å². The van der Waals surface area contributed by atoms with Crippen molar-refractivity contribution in [1.29, 1.82) is 0 Å². The van der Waals surface area contributed by atoms with Gasteiger partial charge in [0.2, 0.25) is 0 Å². The number of rotatable bonds is 7. The van der Waals surface area contributed by atoms with Crippen LogP contribution >= 0.6 is 11.3 Å². The molecular weight excluding hydrogens is 432 g/mol. The van der Waals surface area contributed by atoms with E-state index in [-0.39, 0.29) is 5.91 Å². The van der Waals surface area contributed by atoms with Gasteiger partial charge in [-0.05, 0) is 71.7 Å². The molecule has 0 bridgehead atoms. The maximum absolute atomic E-state index is 13.0. The first-order valence-corrected chi connectivity index (χ1v) is 12.5. The average molecular weight is 463 g/mol. The zero-order chi connectivity index (χ0) is 22.6. The van der Waals surface area contributed by atoms with Crippen LogP contribution in [0.2, 0.25) is 0 Å². The topological polar surface area (TPSA) is 42.0 Å². The van der Waals surface area contributed by atoms with Gasteiger partial charge in [0.25, 0.3) is 5.91 Å². The molecule has 1 aliphatic carbocycles. The highest BCUT2D eigenvalue weighted by atomic mass is 32.1. The molecule has 2 aliphatic rings. The fourth-order valence-corrected chi connectivity index (χ4v) is 5.53. The minimum atomic E-state index is 0.129. The van der Waals surface area contributed by atoms with Gasteiger partial charge < -0.3 is 14.4 Å². The van der Waals surface area contributed by atoms with Gasteiger partial charge in [0.15, 0.2) is 0 Å². The van der Waals surface area contributed by atoms with Gasteiger partial charge in [-0.1, -0.05) is 18.2 Å². The van der Waals surface area contributed by atoms with Crippen LogP contribution in [0.15, 0.2) is 53.9 Å². The number of amides is 1. The van der Waals surface area contributed by atoms with E-state index < -0.39 is 0 Å². The van der Waals surface area contributed by atoms with E-state index in [0.717, 1.165) is 61.1 Å². The maximum Gasteiger partial charge on any atom is 0.264 e. The van der Waals surface area contributed by atoms with Crippen LogP contribution in [0.25, 0.3) is 0 Å². The molecule has 33 heavy (non-hydrogen) atoms. The number of benzene rings is 2. The van der Waals surface area contributed by atoms with Crippen molar-refractivity contribution in [3.8, 4) is 11.5 Å². The molecular formula is C27H30N2O3S. The third-order valence-corrected chi connectivity index (χ3v) is 7.51. The Labute approximate surface area is 199 Å². The predicted molar refractivity (Wildman–Crippen MR) is 131 cm³/mol. The Morgan fingerprint density at radius 2 is 1.79 bits per heavy atom. The van der Waals surface area contributed by atoms with Crippen LogP contribution in [-0.2, 0) is 26.0 Å². The molecule has 2 heterocycles. The highest BCUT2D eigenvalue weighted by molar-refractivity contribution is 7.12. The van der Waals surface area contributed by atoms with Crippen LogP contribution < -0.4 is 9.47 Å². The van der Waals surface area contributed by atoms with Crippen molar-refractivity contribution in [2.45, 2.75) is 32.4 Å². The molecule has 1 aromatic heterocycles. The number of carbonyl (C=O) groups excluding carboxylic acids is 1. The molecule has 3 aromatic rings. The summed E-state index contributed by atoms with van der Waals surface area (Å²) in [5, 5.41) is 2.04. The summed E-state index contributed by atoms with van der Waals surface area (Å²) in [6.45, 7) is 4.63. The first-order chi connectivity index (χ1) is 16.2. The molecule has 1 saturated heterocycles. The van der Waals surface area contributed by atoms with Gasteiger partial charge in [-0.3, -0.25) is 9.69 Å². The zero-order valence-electron chi connectivity index (χ0n) is 19.1. The first kappa shape index (κ1) is 22.0. The van der Waals surface area contributed by atoms with Crippen LogP contribution in [0.1, 0.15) is 38.3 Å². The van der Waals surface area contributed by atoms with E-state index in [1.54, 1.807) is 7.11 Å². The lowest BCUT2D eigenvalue weighted by atomic mass is 10.1. The number of hydrogen-bond acceptors (Lipinski definition) is 5. The minimum Gasteiger partial charge on any atom is -0.497 e. The number of aryl methyl sites for hydroxylation is 2. The Morgan fingerprint density at radius 3 is 2.64 bits per heavy atom. The fraction of sp³-hybridized carbons (Fsp3) is 0.370. The normalized spacial score (nSPS) is 16.0. The Bertz CT molecular complexity index is 1120. The molecule has 0 radical (unpaired) electrons. The van der Waals surface area contributed by atoms with Crippen LogP contribution in [0.3, 0.4) is 0 Å². The van der Waals surface area contributed by atoms with Crippen molar-refractivity contribution in [2.24, 2.45) is 0 Å². The first-order valence-electron chi connectivity index (χ1n) is 11.6. The Kier molecular flexibility index (Phi) is 6.65. The summed E-state index contributed by atoms with van der Waals surface area (Å²) in [5.41, 5.74) is 5.16. The van der Waals surface area contributed by atoms with Crippen LogP contribution in [-0.4, -0.2) is 49.0 Å². The summed E-state index contributed by atoms with van der Waals surface area (Å²) in [6, 6.07) is 16.6. The summed E-state index contributed by atoms with van der Waals surface area (Å²) in [4.78, 5) is 18.2. The van der Waals surface area contributed by atoms with Gasteiger partial charge in [0.1, 0.15) is 18.1 Å². The molecule has 1 aliphatic heterocycles. The van der Waals surface area contributed by atoms with Crippen molar-refractivity contribution in [2.75, 3.05) is 33.3 Å². The highest BCUT2D eigenvalue weighted by Gasteiger charge is 2.23. The standard InChI is InChI=1S/C27H30N2O3S/c1-31-24-7-2-4-20(14-24)17-28-10-12-29(13-11-28)27(30)26-15-21(19-33-26)18-32-25-9-8-22-5-3-6-23(22)16-25/h2,4,7-9,14-16,19H,3,5-6,10-13,17-18H2,1H3. The number of fused-ring (bicyclic) bond motifs is 1. The van der Waals surface area contributed by atoms with Gasteiger partial charge in [0.05, 0.1) is 12.0 Å². The zero-order valence-corrected chi connectivity index (χ0v) is 19.9. The van der Waals surface area contributed by atoms with E-state index in [1.807, 2.05) is 28.5 Å². The molecule has 0 N–H and O–H groups in total. The quantitative estimate of drug-likeness (QED) is 0.507. The number of nitrogens with zero attached hydrogens (tertiary/aromatic N) is 2. The summed E-state index contributed by atoms with van der Waals surface area (Å²) >= 11 is 1.52. The van der Waals surface area contributed by atoms with Crippen molar-refractivity contribution in [3.63, 3.8) is 0 Å². The average Bonchev–Trinajstić information content (AvgIpc) is 3.52. The molecule has 2 aromatic carbocycles. The van der Waals surface area contributed by atoms with Crippen LogP contribution in [0.5, 0.6) is 11.5 Å². The Morgan fingerprint density at radius 1 is 0.939 bits per heavy atom. The molecule has 0 atom stereocenters. The lowest BCUT2D eigenvalue weighted by molar-refractivity contribution is 0.0633. The third kappa shape index (κ3) is 5.23. The van der Waals surface area contributed by atoms with Gasteiger partial charge in [-0.25, -0.2) is 0 Å².